The Morgan fingerprint density at radius 3 is 2.37 bits per heavy atom. The normalized spacial score (nSPS) is 12.0. The molecule has 2 heterocycles. The molecular weight excluding hydrogens is 455 g/mol. The fraction of sp³-hybridized carbons (Fsp3) is 0.632. The lowest BCUT2D eigenvalue weighted by Crippen LogP contribution is -2.36. The molecule has 0 unspecified atom stereocenters. The minimum absolute atomic E-state index is 0. The molecule has 27 heavy (non-hydrogen) atoms. The van der Waals surface area contributed by atoms with Crippen molar-refractivity contribution in [2.24, 2.45) is 12.0 Å². The van der Waals surface area contributed by atoms with Gasteiger partial charge in [-0.15, -0.1) is 24.0 Å². The number of nitrogens with zero attached hydrogens (tertiary/aromatic N) is 4. The number of aliphatic imine (C=N–C) groups is 1. The Bertz CT molecular complexity index is 757. The number of nitrogens with one attached hydrogen (secondary N) is 2. The molecule has 7 nitrogen and oxygen atoms in total. The molecule has 0 bridgehead atoms. The molecule has 152 valence electrons. The summed E-state index contributed by atoms with van der Waals surface area (Å²) in [5.74, 6) is 2.25. The average molecular weight is 488 g/mol. The topological polar surface area (TPSA) is 80.3 Å². The highest BCUT2D eigenvalue weighted by Gasteiger charge is 2.19. The van der Waals surface area contributed by atoms with Gasteiger partial charge in [-0.2, -0.15) is 5.10 Å². The van der Waals surface area contributed by atoms with E-state index in [1.807, 2.05) is 11.7 Å². The zero-order valence-corrected chi connectivity index (χ0v) is 19.8. The third-order valence-corrected chi connectivity index (χ3v) is 4.38. The van der Waals surface area contributed by atoms with E-state index in [9.17, 15) is 0 Å². The van der Waals surface area contributed by atoms with E-state index < -0.39 is 0 Å². The van der Waals surface area contributed by atoms with Gasteiger partial charge in [0.1, 0.15) is 5.76 Å². The molecule has 0 aliphatic heterocycles. The second-order valence-corrected chi connectivity index (χ2v) is 7.35. The van der Waals surface area contributed by atoms with Crippen LogP contribution in [-0.4, -0.2) is 27.8 Å². The van der Waals surface area contributed by atoms with E-state index in [2.05, 4.69) is 60.3 Å². The molecule has 8 heteroatoms. The lowest BCUT2D eigenvalue weighted by Gasteiger charge is -2.14. The summed E-state index contributed by atoms with van der Waals surface area (Å²) >= 11 is 0. The van der Waals surface area contributed by atoms with E-state index in [0.29, 0.717) is 24.9 Å². The van der Waals surface area contributed by atoms with Crippen molar-refractivity contribution < 1.29 is 4.42 Å². The molecule has 0 spiro atoms. The minimum atomic E-state index is -0.0431. The van der Waals surface area contributed by atoms with Gasteiger partial charge in [-0.05, 0) is 12.8 Å². The molecule has 0 atom stereocenters. The van der Waals surface area contributed by atoms with Gasteiger partial charge < -0.3 is 15.1 Å². The number of oxazole rings is 1. The van der Waals surface area contributed by atoms with E-state index in [1.54, 1.807) is 13.2 Å². The second-order valence-electron chi connectivity index (χ2n) is 7.35. The summed E-state index contributed by atoms with van der Waals surface area (Å²) in [5, 5.41) is 11.2. The van der Waals surface area contributed by atoms with Crippen LogP contribution in [0.15, 0.2) is 15.6 Å². The van der Waals surface area contributed by atoms with Gasteiger partial charge in [-0.25, -0.2) is 4.98 Å². The summed E-state index contributed by atoms with van der Waals surface area (Å²) in [7, 11) is 3.76. The number of aryl methyl sites for hydroxylation is 2. The molecular formula is C19H33IN6O. The highest BCUT2D eigenvalue weighted by molar-refractivity contribution is 14.0. The van der Waals surface area contributed by atoms with Crippen LogP contribution in [-0.2, 0) is 38.4 Å². The van der Waals surface area contributed by atoms with Crippen LogP contribution in [0.2, 0.25) is 0 Å². The molecule has 0 saturated heterocycles. The first kappa shape index (κ1) is 23.5. The van der Waals surface area contributed by atoms with E-state index in [4.69, 9.17) is 4.42 Å². The van der Waals surface area contributed by atoms with Gasteiger partial charge in [0.05, 0.1) is 18.4 Å². The lowest BCUT2D eigenvalue weighted by molar-refractivity contribution is 0.379. The van der Waals surface area contributed by atoms with Crippen molar-refractivity contribution in [2.45, 2.75) is 66.0 Å². The Morgan fingerprint density at radius 2 is 1.85 bits per heavy atom. The van der Waals surface area contributed by atoms with Gasteiger partial charge in [0.2, 0.25) is 5.89 Å². The summed E-state index contributed by atoms with van der Waals surface area (Å²) in [4.78, 5) is 8.63. The third kappa shape index (κ3) is 5.95. The van der Waals surface area contributed by atoms with Crippen molar-refractivity contribution in [3.05, 3.63) is 34.8 Å². The number of halogens is 1. The molecule has 0 aromatic carbocycles. The van der Waals surface area contributed by atoms with E-state index >= 15 is 0 Å². The predicted molar refractivity (Wildman–Crippen MR) is 120 cm³/mol. The summed E-state index contributed by atoms with van der Waals surface area (Å²) in [5.41, 5.74) is 3.60. The van der Waals surface area contributed by atoms with Crippen molar-refractivity contribution in [1.82, 2.24) is 25.4 Å². The molecule has 0 aliphatic rings. The maximum atomic E-state index is 5.81. The van der Waals surface area contributed by atoms with Crippen LogP contribution >= 0.6 is 24.0 Å². The summed E-state index contributed by atoms with van der Waals surface area (Å²) in [6.07, 6.45) is 3.67. The van der Waals surface area contributed by atoms with Gasteiger partial charge in [-0.1, -0.05) is 34.6 Å². The first-order chi connectivity index (χ1) is 12.3. The first-order valence-electron chi connectivity index (χ1n) is 9.23. The standard InChI is InChI=1S/C19H32N6O.HI/c1-8-14-13(15(9-2)25(7)24-14)10-22-18(20-6)23-12-17-21-11-16(26-17)19(3,4)5;/h11H,8-10,12H2,1-7H3,(H2,20,22,23);1H. The molecule has 2 aromatic heterocycles. The van der Waals surface area contributed by atoms with Crippen molar-refractivity contribution in [3.63, 3.8) is 0 Å². The van der Waals surface area contributed by atoms with Gasteiger partial charge in [0.15, 0.2) is 5.96 Å². The monoisotopic (exact) mass is 488 g/mol. The summed E-state index contributed by atoms with van der Waals surface area (Å²) < 4.78 is 7.79. The van der Waals surface area contributed by atoms with Crippen LogP contribution in [0.25, 0.3) is 0 Å². The van der Waals surface area contributed by atoms with Crippen molar-refractivity contribution in [3.8, 4) is 0 Å². The van der Waals surface area contributed by atoms with E-state index in [-0.39, 0.29) is 29.4 Å². The van der Waals surface area contributed by atoms with Crippen LogP contribution in [0.4, 0.5) is 0 Å². The first-order valence-corrected chi connectivity index (χ1v) is 9.23. The molecule has 0 amide bonds. The number of hydrogen-bond acceptors (Lipinski definition) is 4. The smallest absolute Gasteiger partial charge is 0.213 e. The number of guanidine groups is 1. The van der Waals surface area contributed by atoms with Gasteiger partial charge >= 0.3 is 0 Å². The van der Waals surface area contributed by atoms with Crippen LogP contribution in [0.5, 0.6) is 0 Å². The maximum absolute atomic E-state index is 5.81. The Balaban J connectivity index is 0.00000364. The predicted octanol–water partition coefficient (Wildman–Crippen LogP) is 3.31. The van der Waals surface area contributed by atoms with Gasteiger partial charge in [0.25, 0.3) is 0 Å². The molecule has 0 aliphatic carbocycles. The molecule has 2 rings (SSSR count). The fourth-order valence-corrected chi connectivity index (χ4v) is 2.88. The number of rotatable bonds is 6. The van der Waals surface area contributed by atoms with Gasteiger partial charge in [0, 0.05) is 37.3 Å². The van der Waals surface area contributed by atoms with Crippen molar-refractivity contribution in [2.75, 3.05) is 7.05 Å². The summed E-state index contributed by atoms with van der Waals surface area (Å²) in [6.45, 7) is 11.8. The Kier molecular flexibility index (Phi) is 8.77. The van der Waals surface area contributed by atoms with E-state index in [1.165, 1.54) is 11.3 Å². The minimum Gasteiger partial charge on any atom is -0.443 e. The molecule has 2 N–H and O–H groups in total. The van der Waals surface area contributed by atoms with Crippen LogP contribution < -0.4 is 10.6 Å². The van der Waals surface area contributed by atoms with Crippen LogP contribution in [0.1, 0.15) is 63.2 Å². The van der Waals surface area contributed by atoms with Gasteiger partial charge in [-0.3, -0.25) is 9.67 Å². The quantitative estimate of drug-likeness (QED) is 0.371. The Labute approximate surface area is 179 Å². The average Bonchev–Trinajstić information content (AvgIpc) is 3.19. The Hall–Kier alpha value is -1.58. The van der Waals surface area contributed by atoms with Crippen LogP contribution in [0.3, 0.4) is 0 Å². The highest BCUT2D eigenvalue weighted by atomic mass is 127. The Morgan fingerprint density at radius 1 is 1.19 bits per heavy atom. The largest absolute Gasteiger partial charge is 0.443 e. The molecule has 0 fully saturated rings. The molecule has 0 radical (unpaired) electrons. The number of hydrogen-bond donors (Lipinski definition) is 2. The second kappa shape index (κ2) is 10.1. The highest BCUT2D eigenvalue weighted by Crippen LogP contribution is 2.22. The van der Waals surface area contributed by atoms with E-state index in [0.717, 1.165) is 24.3 Å². The molecule has 0 saturated carbocycles. The van der Waals surface area contributed by atoms with Crippen LogP contribution in [0, 0.1) is 0 Å². The van der Waals surface area contributed by atoms with Crippen molar-refractivity contribution in [1.29, 1.82) is 0 Å². The van der Waals surface area contributed by atoms with Crippen molar-refractivity contribution >= 4 is 29.9 Å². The zero-order chi connectivity index (χ0) is 19.3. The lowest BCUT2D eigenvalue weighted by atomic mass is 9.94. The SMILES string of the molecule is CCc1nn(C)c(CC)c1CNC(=NC)NCc1ncc(C(C)(C)C)o1.I. The summed E-state index contributed by atoms with van der Waals surface area (Å²) in [6, 6.07) is 0. The zero-order valence-electron chi connectivity index (χ0n) is 17.5. The third-order valence-electron chi connectivity index (χ3n) is 4.38. The number of aromatic nitrogens is 3. The fourth-order valence-electron chi connectivity index (χ4n) is 2.88. The maximum Gasteiger partial charge on any atom is 0.213 e. The molecule has 2 aromatic rings.